The van der Waals surface area contributed by atoms with E-state index in [1.54, 1.807) is 42.5 Å². The van der Waals surface area contributed by atoms with Crippen molar-refractivity contribution >= 4 is 11.6 Å². The van der Waals surface area contributed by atoms with Crippen molar-refractivity contribution in [2.75, 3.05) is 6.54 Å². The SMILES string of the molecule is O=c1[nH][nH]c(-c2ccccc2O)c1[C@@H](C[N+](=O)[O-])c1cccc(Cl)c1. The van der Waals surface area contributed by atoms with Gasteiger partial charge in [0.2, 0.25) is 6.54 Å². The fourth-order valence-corrected chi connectivity index (χ4v) is 3.03. The van der Waals surface area contributed by atoms with Gasteiger partial charge in [-0.05, 0) is 29.8 Å². The van der Waals surface area contributed by atoms with Crippen LogP contribution in [0.2, 0.25) is 5.02 Å². The second kappa shape index (κ2) is 6.82. The maximum atomic E-state index is 12.4. The lowest BCUT2D eigenvalue weighted by Crippen LogP contribution is -2.20. The van der Waals surface area contributed by atoms with Crippen LogP contribution in [0.25, 0.3) is 11.3 Å². The molecule has 7 nitrogen and oxygen atoms in total. The minimum Gasteiger partial charge on any atom is -0.507 e. The molecule has 8 heteroatoms. The quantitative estimate of drug-likeness (QED) is 0.479. The van der Waals surface area contributed by atoms with Crippen molar-refractivity contribution in [1.82, 2.24) is 10.2 Å². The van der Waals surface area contributed by atoms with Crippen LogP contribution in [0.4, 0.5) is 0 Å². The van der Waals surface area contributed by atoms with Crippen molar-refractivity contribution in [1.29, 1.82) is 0 Å². The first-order valence-electron chi connectivity index (χ1n) is 7.43. The summed E-state index contributed by atoms with van der Waals surface area (Å²) in [5.74, 6) is -0.858. The Morgan fingerprint density at radius 3 is 2.60 bits per heavy atom. The van der Waals surface area contributed by atoms with Gasteiger partial charge in [0.25, 0.3) is 5.56 Å². The number of nitrogens with zero attached hydrogens (tertiary/aromatic N) is 1. The van der Waals surface area contributed by atoms with Gasteiger partial charge in [0, 0.05) is 15.5 Å². The molecule has 0 bridgehead atoms. The van der Waals surface area contributed by atoms with Gasteiger partial charge in [0.05, 0.1) is 17.2 Å². The predicted octanol–water partition coefficient (Wildman–Crippen LogP) is 3.14. The van der Waals surface area contributed by atoms with E-state index in [1.165, 1.54) is 6.07 Å². The molecule has 1 atom stereocenters. The molecule has 1 aromatic heterocycles. The third kappa shape index (κ3) is 3.41. The van der Waals surface area contributed by atoms with Crippen LogP contribution in [0.15, 0.2) is 53.3 Å². The summed E-state index contributed by atoms with van der Waals surface area (Å²) in [7, 11) is 0. The van der Waals surface area contributed by atoms with Gasteiger partial charge < -0.3 is 5.11 Å². The highest BCUT2D eigenvalue weighted by atomic mass is 35.5. The summed E-state index contributed by atoms with van der Waals surface area (Å²) < 4.78 is 0. The predicted molar refractivity (Wildman–Crippen MR) is 93.7 cm³/mol. The number of benzene rings is 2. The summed E-state index contributed by atoms with van der Waals surface area (Å²) in [5.41, 5.74) is 0.942. The molecule has 0 saturated carbocycles. The molecular formula is C17H14ClN3O4. The van der Waals surface area contributed by atoms with E-state index in [0.29, 0.717) is 21.8 Å². The van der Waals surface area contributed by atoms with E-state index < -0.39 is 22.9 Å². The molecule has 1 heterocycles. The van der Waals surface area contributed by atoms with E-state index in [0.717, 1.165) is 0 Å². The van der Waals surface area contributed by atoms with E-state index in [9.17, 15) is 20.0 Å². The summed E-state index contributed by atoms with van der Waals surface area (Å²) in [6.45, 7) is -0.484. The van der Waals surface area contributed by atoms with Crippen LogP contribution in [0.3, 0.4) is 0 Å². The number of H-pyrrole nitrogens is 2. The smallest absolute Gasteiger partial charge is 0.268 e. The third-order valence-corrected chi connectivity index (χ3v) is 4.15. The van der Waals surface area contributed by atoms with Gasteiger partial charge in [0.15, 0.2) is 0 Å². The van der Waals surface area contributed by atoms with E-state index in [4.69, 9.17) is 11.6 Å². The number of para-hydroxylation sites is 1. The molecule has 3 aromatic rings. The summed E-state index contributed by atoms with van der Waals surface area (Å²) in [4.78, 5) is 23.1. The minimum atomic E-state index is -0.821. The number of aromatic nitrogens is 2. The molecule has 25 heavy (non-hydrogen) atoms. The molecule has 0 unspecified atom stereocenters. The molecule has 0 aliphatic rings. The van der Waals surface area contributed by atoms with Crippen LogP contribution in [0.5, 0.6) is 5.75 Å². The average Bonchev–Trinajstić information content (AvgIpc) is 2.94. The molecule has 2 aromatic carbocycles. The van der Waals surface area contributed by atoms with Crippen molar-refractivity contribution in [3.05, 3.63) is 85.1 Å². The molecular weight excluding hydrogens is 346 g/mol. The number of nitro groups is 1. The lowest BCUT2D eigenvalue weighted by molar-refractivity contribution is -0.481. The molecule has 0 amide bonds. The van der Waals surface area contributed by atoms with E-state index >= 15 is 0 Å². The normalized spacial score (nSPS) is 12.0. The Balaban J connectivity index is 2.21. The van der Waals surface area contributed by atoms with Crippen molar-refractivity contribution in [3.63, 3.8) is 0 Å². The lowest BCUT2D eigenvalue weighted by Gasteiger charge is -2.14. The fourth-order valence-electron chi connectivity index (χ4n) is 2.83. The fraction of sp³-hybridized carbons (Fsp3) is 0.118. The van der Waals surface area contributed by atoms with Crippen molar-refractivity contribution < 1.29 is 10.0 Å². The van der Waals surface area contributed by atoms with Gasteiger partial charge >= 0.3 is 0 Å². The lowest BCUT2D eigenvalue weighted by atomic mass is 9.89. The molecule has 0 aliphatic heterocycles. The van der Waals surface area contributed by atoms with Gasteiger partial charge in [-0.25, -0.2) is 0 Å². The van der Waals surface area contributed by atoms with Crippen LogP contribution in [-0.4, -0.2) is 26.8 Å². The highest BCUT2D eigenvalue weighted by Crippen LogP contribution is 2.34. The number of aromatic hydroxyl groups is 1. The second-order valence-electron chi connectivity index (χ2n) is 5.51. The third-order valence-electron chi connectivity index (χ3n) is 3.92. The number of phenolic OH excluding ortho intramolecular Hbond substituents is 1. The largest absolute Gasteiger partial charge is 0.507 e. The molecule has 0 aliphatic carbocycles. The highest BCUT2D eigenvalue weighted by molar-refractivity contribution is 6.30. The molecule has 0 fully saturated rings. The van der Waals surface area contributed by atoms with Crippen LogP contribution in [0, 0.1) is 10.1 Å². The van der Waals surface area contributed by atoms with Crippen molar-refractivity contribution in [2.45, 2.75) is 5.92 Å². The van der Waals surface area contributed by atoms with Gasteiger partial charge in [-0.3, -0.25) is 25.1 Å². The monoisotopic (exact) mass is 359 g/mol. The Labute approximate surface area is 147 Å². The van der Waals surface area contributed by atoms with E-state index in [1.807, 2.05) is 0 Å². The summed E-state index contributed by atoms with van der Waals surface area (Å²) in [6.07, 6.45) is 0. The first-order chi connectivity index (χ1) is 12.0. The Hall–Kier alpha value is -3.06. The van der Waals surface area contributed by atoms with Crippen LogP contribution >= 0.6 is 11.6 Å². The number of phenols is 1. The molecule has 3 rings (SSSR count). The number of hydrogen-bond acceptors (Lipinski definition) is 4. The van der Waals surface area contributed by atoms with Crippen LogP contribution in [0.1, 0.15) is 17.0 Å². The van der Waals surface area contributed by atoms with Gasteiger partial charge in [-0.1, -0.05) is 35.9 Å². The van der Waals surface area contributed by atoms with Crippen LogP contribution in [-0.2, 0) is 0 Å². The van der Waals surface area contributed by atoms with E-state index in [2.05, 4.69) is 10.2 Å². The topological polar surface area (TPSA) is 112 Å². The number of rotatable bonds is 5. The first-order valence-corrected chi connectivity index (χ1v) is 7.81. The number of aromatic amines is 2. The average molecular weight is 360 g/mol. The number of hydrogen-bond donors (Lipinski definition) is 3. The van der Waals surface area contributed by atoms with E-state index in [-0.39, 0.29) is 11.3 Å². The summed E-state index contributed by atoms with van der Waals surface area (Å²) in [6, 6.07) is 13.1. The Kier molecular flexibility index (Phi) is 4.58. The molecule has 3 N–H and O–H groups in total. The second-order valence-corrected chi connectivity index (χ2v) is 5.94. The molecule has 128 valence electrons. The van der Waals surface area contributed by atoms with Gasteiger partial charge in [0.1, 0.15) is 5.75 Å². The zero-order chi connectivity index (χ0) is 18.0. The van der Waals surface area contributed by atoms with Gasteiger partial charge in [-0.15, -0.1) is 0 Å². The zero-order valence-electron chi connectivity index (χ0n) is 12.9. The van der Waals surface area contributed by atoms with Crippen molar-refractivity contribution in [3.8, 4) is 17.0 Å². The highest BCUT2D eigenvalue weighted by Gasteiger charge is 2.28. The zero-order valence-corrected chi connectivity index (χ0v) is 13.7. The Bertz CT molecular complexity index is 980. The Morgan fingerprint density at radius 2 is 1.92 bits per heavy atom. The number of halogens is 1. The maximum Gasteiger partial charge on any atom is 0.268 e. The number of nitrogens with one attached hydrogen (secondary N) is 2. The minimum absolute atomic E-state index is 0.0371. The summed E-state index contributed by atoms with van der Waals surface area (Å²) in [5, 5.41) is 26.9. The Morgan fingerprint density at radius 1 is 1.16 bits per heavy atom. The maximum absolute atomic E-state index is 12.4. The summed E-state index contributed by atoms with van der Waals surface area (Å²) >= 11 is 6.01. The van der Waals surface area contributed by atoms with Crippen LogP contribution < -0.4 is 5.56 Å². The van der Waals surface area contributed by atoms with Crippen molar-refractivity contribution in [2.24, 2.45) is 0 Å². The molecule has 0 spiro atoms. The molecule has 0 radical (unpaired) electrons. The van der Waals surface area contributed by atoms with Gasteiger partial charge in [-0.2, -0.15) is 0 Å². The standard InChI is InChI=1S/C17H14ClN3O4/c18-11-5-3-4-10(8-11)13(9-21(24)25)15-16(19-20-17(15)23)12-6-1-2-7-14(12)22/h1-8,13,22H,9H2,(H2,19,20,23)/t13-/m0/s1. The first kappa shape index (κ1) is 16.8. The molecule has 0 saturated heterocycles.